The monoisotopic (exact) mass is 260 g/mol. The Morgan fingerprint density at radius 1 is 1.16 bits per heavy atom. The van der Waals surface area contributed by atoms with Crippen LogP contribution in [0.2, 0.25) is 0 Å². The van der Waals surface area contributed by atoms with Gasteiger partial charge in [-0.2, -0.15) is 5.10 Å². The number of hydrogen-bond acceptors (Lipinski definition) is 3. The molecule has 0 unspecified atom stereocenters. The zero-order valence-electron chi connectivity index (χ0n) is 11.7. The average molecular weight is 260 g/mol. The van der Waals surface area contributed by atoms with Crippen LogP contribution in [0.3, 0.4) is 0 Å². The summed E-state index contributed by atoms with van der Waals surface area (Å²) in [6.45, 7) is 4.83. The van der Waals surface area contributed by atoms with E-state index in [4.69, 9.17) is 9.47 Å². The van der Waals surface area contributed by atoms with Gasteiger partial charge in [0.25, 0.3) is 0 Å². The van der Waals surface area contributed by atoms with Gasteiger partial charge in [-0.25, -0.2) is 0 Å². The van der Waals surface area contributed by atoms with Gasteiger partial charge in [0.2, 0.25) is 0 Å². The number of hydrogen-bond donors (Lipinski definition) is 0. The summed E-state index contributed by atoms with van der Waals surface area (Å²) in [5.74, 6) is 1.70. The molecule has 2 rings (SSSR count). The molecule has 1 aromatic carbocycles. The van der Waals surface area contributed by atoms with Crippen LogP contribution in [0.5, 0.6) is 11.5 Å². The van der Waals surface area contributed by atoms with E-state index in [1.165, 1.54) is 5.56 Å². The fourth-order valence-corrected chi connectivity index (χ4v) is 1.76. The summed E-state index contributed by atoms with van der Waals surface area (Å²) in [5.41, 5.74) is 1.23. The molecule has 1 heterocycles. The van der Waals surface area contributed by atoms with Gasteiger partial charge in [-0.1, -0.05) is 12.1 Å². The molecule has 4 heteroatoms. The molecular formula is C15H20N2O2. The van der Waals surface area contributed by atoms with Crippen molar-refractivity contribution in [1.29, 1.82) is 0 Å². The van der Waals surface area contributed by atoms with Crippen molar-refractivity contribution in [1.82, 2.24) is 9.78 Å². The molecule has 2 aromatic rings. The Morgan fingerprint density at radius 2 is 1.89 bits per heavy atom. The SMILES string of the molecule is COc1ccc(CCOc2cnn(C(C)C)c2)cc1. The van der Waals surface area contributed by atoms with Crippen LogP contribution in [0.15, 0.2) is 36.7 Å². The van der Waals surface area contributed by atoms with Crippen LogP contribution in [0.25, 0.3) is 0 Å². The van der Waals surface area contributed by atoms with Crippen LogP contribution in [0.4, 0.5) is 0 Å². The summed E-state index contributed by atoms with van der Waals surface area (Å²) in [5, 5.41) is 4.24. The first-order valence-electron chi connectivity index (χ1n) is 6.49. The van der Waals surface area contributed by atoms with E-state index in [2.05, 4.69) is 31.1 Å². The van der Waals surface area contributed by atoms with E-state index in [9.17, 15) is 0 Å². The van der Waals surface area contributed by atoms with Crippen molar-refractivity contribution >= 4 is 0 Å². The van der Waals surface area contributed by atoms with Gasteiger partial charge in [0.1, 0.15) is 5.75 Å². The number of rotatable bonds is 6. The van der Waals surface area contributed by atoms with Crippen LogP contribution in [0.1, 0.15) is 25.5 Å². The molecule has 0 aliphatic heterocycles. The van der Waals surface area contributed by atoms with Crippen LogP contribution < -0.4 is 9.47 Å². The van der Waals surface area contributed by atoms with E-state index < -0.39 is 0 Å². The van der Waals surface area contributed by atoms with Crippen LogP contribution in [0, 0.1) is 0 Å². The van der Waals surface area contributed by atoms with Crippen molar-refractivity contribution in [3.8, 4) is 11.5 Å². The minimum absolute atomic E-state index is 0.360. The maximum Gasteiger partial charge on any atom is 0.157 e. The fraction of sp³-hybridized carbons (Fsp3) is 0.400. The van der Waals surface area contributed by atoms with E-state index in [-0.39, 0.29) is 0 Å². The quantitative estimate of drug-likeness (QED) is 0.800. The highest BCUT2D eigenvalue weighted by atomic mass is 16.5. The minimum atomic E-state index is 0.360. The first-order chi connectivity index (χ1) is 9.19. The molecule has 0 bridgehead atoms. The second-order valence-corrected chi connectivity index (χ2v) is 4.70. The molecule has 19 heavy (non-hydrogen) atoms. The van der Waals surface area contributed by atoms with E-state index in [1.54, 1.807) is 13.3 Å². The summed E-state index contributed by atoms with van der Waals surface area (Å²) in [7, 11) is 1.67. The van der Waals surface area contributed by atoms with Gasteiger partial charge < -0.3 is 9.47 Å². The Labute approximate surface area is 114 Å². The Kier molecular flexibility index (Phi) is 4.44. The molecule has 0 radical (unpaired) electrons. The van der Waals surface area contributed by atoms with Crippen LogP contribution >= 0.6 is 0 Å². The van der Waals surface area contributed by atoms with Gasteiger partial charge in [-0.3, -0.25) is 4.68 Å². The number of benzene rings is 1. The van der Waals surface area contributed by atoms with Crippen molar-refractivity contribution in [2.45, 2.75) is 26.3 Å². The predicted octanol–water partition coefficient (Wildman–Crippen LogP) is 3.09. The third-order valence-electron chi connectivity index (χ3n) is 2.93. The molecule has 0 spiro atoms. The fourth-order valence-electron chi connectivity index (χ4n) is 1.76. The second-order valence-electron chi connectivity index (χ2n) is 4.70. The molecule has 0 aliphatic rings. The van der Waals surface area contributed by atoms with Gasteiger partial charge in [0.05, 0.1) is 26.1 Å². The average Bonchev–Trinajstić information content (AvgIpc) is 2.89. The lowest BCUT2D eigenvalue weighted by Gasteiger charge is -2.05. The predicted molar refractivity (Wildman–Crippen MR) is 74.8 cm³/mol. The highest BCUT2D eigenvalue weighted by Gasteiger charge is 2.02. The normalized spacial score (nSPS) is 10.7. The maximum atomic E-state index is 5.68. The van der Waals surface area contributed by atoms with Crippen LogP contribution in [-0.4, -0.2) is 23.5 Å². The van der Waals surface area contributed by atoms with Crippen molar-refractivity contribution in [2.75, 3.05) is 13.7 Å². The van der Waals surface area contributed by atoms with Gasteiger partial charge in [-0.05, 0) is 31.5 Å². The van der Waals surface area contributed by atoms with E-state index >= 15 is 0 Å². The number of ether oxygens (including phenoxy) is 2. The van der Waals surface area contributed by atoms with Crippen molar-refractivity contribution in [2.24, 2.45) is 0 Å². The van der Waals surface area contributed by atoms with Crippen LogP contribution in [-0.2, 0) is 6.42 Å². The Balaban J connectivity index is 1.81. The summed E-state index contributed by atoms with van der Waals surface area (Å²) < 4.78 is 12.7. The van der Waals surface area contributed by atoms with Crippen molar-refractivity contribution < 1.29 is 9.47 Å². The Bertz CT molecular complexity index is 503. The van der Waals surface area contributed by atoms with Gasteiger partial charge in [-0.15, -0.1) is 0 Å². The number of methoxy groups -OCH3 is 1. The molecule has 102 valence electrons. The highest BCUT2D eigenvalue weighted by molar-refractivity contribution is 5.27. The van der Waals surface area contributed by atoms with Gasteiger partial charge in [0, 0.05) is 12.5 Å². The molecule has 0 saturated carbocycles. The molecule has 1 aromatic heterocycles. The molecule has 4 nitrogen and oxygen atoms in total. The summed E-state index contributed by atoms with van der Waals surface area (Å²) >= 11 is 0. The lowest BCUT2D eigenvalue weighted by molar-refractivity contribution is 0.321. The topological polar surface area (TPSA) is 36.3 Å². The number of aromatic nitrogens is 2. The zero-order chi connectivity index (χ0) is 13.7. The second kappa shape index (κ2) is 6.27. The molecule has 0 fully saturated rings. The van der Waals surface area contributed by atoms with E-state index in [1.807, 2.05) is 23.0 Å². The summed E-state index contributed by atoms with van der Waals surface area (Å²) in [6, 6.07) is 8.40. The van der Waals surface area contributed by atoms with E-state index in [0.29, 0.717) is 12.6 Å². The first kappa shape index (κ1) is 13.5. The molecule has 0 saturated heterocycles. The lowest BCUT2D eigenvalue weighted by atomic mass is 10.1. The smallest absolute Gasteiger partial charge is 0.157 e. The zero-order valence-corrected chi connectivity index (χ0v) is 11.7. The summed E-state index contributed by atoms with van der Waals surface area (Å²) in [4.78, 5) is 0. The summed E-state index contributed by atoms with van der Waals surface area (Å²) in [6.07, 6.45) is 4.56. The third-order valence-corrected chi connectivity index (χ3v) is 2.93. The lowest BCUT2D eigenvalue weighted by Crippen LogP contribution is -2.02. The minimum Gasteiger partial charge on any atom is -0.497 e. The molecule has 0 aliphatic carbocycles. The first-order valence-corrected chi connectivity index (χ1v) is 6.49. The van der Waals surface area contributed by atoms with Crippen molar-refractivity contribution in [3.05, 3.63) is 42.2 Å². The molecular weight excluding hydrogens is 240 g/mol. The maximum absolute atomic E-state index is 5.68. The molecule has 0 N–H and O–H groups in total. The Morgan fingerprint density at radius 3 is 2.47 bits per heavy atom. The molecule has 0 atom stereocenters. The molecule has 0 amide bonds. The van der Waals surface area contributed by atoms with Gasteiger partial charge >= 0.3 is 0 Å². The number of nitrogens with zero attached hydrogens (tertiary/aromatic N) is 2. The third kappa shape index (κ3) is 3.74. The van der Waals surface area contributed by atoms with Gasteiger partial charge in [0.15, 0.2) is 5.75 Å². The largest absolute Gasteiger partial charge is 0.497 e. The Hall–Kier alpha value is -1.97. The highest BCUT2D eigenvalue weighted by Crippen LogP contribution is 2.14. The van der Waals surface area contributed by atoms with Crippen molar-refractivity contribution in [3.63, 3.8) is 0 Å². The standard InChI is InChI=1S/C15H20N2O2/c1-12(2)17-11-15(10-16-17)19-9-8-13-4-6-14(18-3)7-5-13/h4-7,10-12H,8-9H2,1-3H3. The van der Waals surface area contributed by atoms with E-state index in [0.717, 1.165) is 17.9 Å².